The van der Waals surface area contributed by atoms with Gasteiger partial charge >= 0.3 is 0 Å². The molecule has 0 atom stereocenters. The molecular weight excluding hydrogens is 252 g/mol. The third-order valence-corrected chi connectivity index (χ3v) is 3.81. The summed E-state index contributed by atoms with van der Waals surface area (Å²) < 4.78 is 2.95. The van der Waals surface area contributed by atoms with Crippen molar-refractivity contribution in [3.05, 3.63) is 68.2 Å². The Labute approximate surface area is 113 Å². The Hall–Kier alpha value is -2.62. The third kappa shape index (κ3) is 1.20. The highest BCUT2D eigenvalue weighted by Crippen LogP contribution is 2.17. The quantitative estimate of drug-likeness (QED) is 0.488. The molecular formula is C16H12N2O2. The van der Waals surface area contributed by atoms with Crippen LogP contribution < -0.4 is 11.1 Å². The molecule has 0 saturated carbocycles. The van der Waals surface area contributed by atoms with Gasteiger partial charge < -0.3 is 0 Å². The molecule has 0 aliphatic carbocycles. The number of rotatable bonds is 0. The first-order valence-corrected chi connectivity index (χ1v) is 6.48. The van der Waals surface area contributed by atoms with E-state index in [1.165, 1.54) is 9.03 Å². The smallest absolute Gasteiger partial charge is 0.267 e. The van der Waals surface area contributed by atoms with Crippen LogP contribution in [0.3, 0.4) is 0 Å². The van der Waals surface area contributed by atoms with Crippen LogP contribution in [0.15, 0.2) is 46.0 Å². The molecule has 4 nitrogen and oxygen atoms in total. The van der Waals surface area contributed by atoms with Gasteiger partial charge in [-0.2, -0.15) is 0 Å². The third-order valence-electron chi connectivity index (χ3n) is 3.81. The van der Waals surface area contributed by atoms with Crippen LogP contribution in [0.4, 0.5) is 0 Å². The molecule has 0 aliphatic rings. The predicted octanol–water partition coefficient (Wildman–Crippen LogP) is 2.12. The SMILES string of the molecule is Cc1ccc2c(c1)c(=O)n1c3ccc(C)cc3c(=O)n21. The molecule has 98 valence electrons. The molecule has 4 heteroatoms. The molecule has 0 unspecified atom stereocenters. The van der Waals surface area contributed by atoms with Crippen LogP contribution >= 0.6 is 0 Å². The summed E-state index contributed by atoms with van der Waals surface area (Å²) in [6.07, 6.45) is 0. The maximum absolute atomic E-state index is 12.6. The molecule has 4 rings (SSSR count). The fraction of sp³-hybridized carbons (Fsp3) is 0.125. The minimum absolute atomic E-state index is 0.139. The van der Waals surface area contributed by atoms with E-state index in [0.29, 0.717) is 21.8 Å². The summed E-state index contributed by atoms with van der Waals surface area (Å²) in [5, 5.41) is 1.18. The van der Waals surface area contributed by atoms with Gasteiger partial charge in [-0.15, -0.1) is 0 Å². The molecule has 0 N–H and O–H groups in total. The molecule has 2 heterocycles. The second-order valence-electron chi connectivity index (χ2n) is 5.28. The largest absolute Gasteiger partial charge is 0.279 e. The lowest BCUT2D eigenvalue weighted by Crippen LogP contribution is -2.13. The maximum Gasteiger partial charge on any atom is 0.279 e. The van der Waals surface area contributed by atoms with Crippen molar-refractivity contribution in [2.45, 2.75) is 13.8 Å². The molecule has 0 amide bonds. The Balaban J connectivity index is 2.42. The lowest BCUT2D eigenvalue weighted by Gasteiger charge is -1.91. The van der Waals surface area contributed by atoms with Crippen LogP contribution in [-0.2, 0) is 0 Å². The Bertz CT molecular complexity index is 1010. The molecule has 0 aliphatic heterocycles. The average molecular weight is 264 g/mol. The first kappa shape index (κ1) is 11.2. The van der Waals surface area contributed by atoms with Crippen molar-refractivity contribution in [2.24, 2.45) is 0 Å². The number of hydrogen-bond acceptors (Lipinski definition) is 2. The summed E-state index contributed by atoms with van der Waals surface area (Å²) in [5.41, 5.74) is 3.07. The lowest BCUT2D eigenvalue weighted by molar-refractivity contribution is 0.851. The number of aryl methyl sites for hydroxylation is 2. The van der Waals surface area contributed by atoms with Crippen LogP contribution in [0.5, 0.6) is 0 Å². The van der Waals surface area contributed by atoms with Gasteiger partial charge in [-0.25, -0.2) is 9.03 Å². The topological polar surface area (TPSA) is 43.0 Å². The van der Waals surface area contributed by atoms with Crippen molar-refractivity contribution in [1.29, 1.82) is 0 Å². The fourth-order valence-corrected chi connectivity index (χ4v) is 2.86. The van der Waals surface area contributed by atoms with Crippen molar-refractivity contribution in [3.8, 4) is 0 Å². The number of benzene rings is 2. The van der Waals surface area contributed by atoms with E-state index in [1.54, 1.807) is 0 Å². The highest BCUT2D eigenvalue weighted by atomic mass is 16.2. The standard InChI is InChI=1S/C16H12N2O2/c1-9-3-5-13-11(7-9)15(19)18-14-6-4-10(2)8-12(14)16(20)17(13)18/h3-8H,1-2H3. The van der Waals surface area contributed by atoms with E-state index in [-0.39, 0.29) is 11.1 Å². The van der Waals surface area contributed by atoms with Gasteiger partial charge in [0.25, 0.3) is 11.1 Å². The van der Waals surface area contributed by atoms with Gasteiger partial charge in [0.05, 0.1) is 21.8 Å². The van der Waals surface area contributed by atoms with E-state index in [0.717, 1.165) is 11.1 Å². The predicted molar refractivity (Wildman–Crippen MR) is 79.1 cm³/mol. The molecule has 2 aromatic heterocycles. The summed E-state index contributed by atoms with van der Waals surface area (Å²) >= 11 is 0. The van der Waals surface area contributed by atoms with Crippen molar-refractivity contribution < 1.29 is 0 Å². The Morgan fingerprint density at radius 1 is 0.700 bits per heavy atom. The zero-order valence-electron chi connectivity index (χ0n) is 11.2. The summed E-state index contributed by atoms with van der Waals surface area (Å²) in [5.74, 6) is 0. The monoisotopic (exact) mass is 264 g/mol. The summed E-state index contributed by atoms with van der Waals surface area (Å²) in [6.45, 7) is 3.87. The summed E-state index contributed by atoms with van der Waals surface area (Å²) in [4.78, 5) is 25.1. The minimum atomic E-state index is -0.139. The molecule has 0 fully saturated rings. The molecule has 0 saturated heterocycles. The second kappa shape index (κ2) is 3.48. The number of aromatic nitrogens is 2. The Morgan fingerprint density at radius 3 is 1.50 bits per heavy atom. The van der Waals surface area contributed by atoms with E-state index < -0.39 is 0 Å². The van der Waals surface area contributed by atoms with Crippen molar-refractivity contribution in [3.63, 3.8) is 0 Å². The van der Waals surface area contributed by atoms with Crippen molar-refractivity contribution >= 4 is 21.8 Å². The van der Waals surface area contributed by atoms with Gasteiger partial charge in [0.2, 0.25) is 0 Å². The highest BCUT2D eigenvalue weighted by molar-refractivity contribution is 5.86. The van der Waals surface area contributed by atoms with Gasteiger partial charge in [-0.3, -0.25) is 9.59 Å². The summed E-state index contributed by atoms with van der Waals surface area (Å²) in [6, 6.07) is 11.2. The van der Waals surface area contributed by atoms with Crippen molar-refractivity contribution in [2.75, 3.05) is 0 Å². The maximum atomic E-state index is 12.6. The number of hydrogen-bond donors (Lipinski definition) is 0. The number of fused-ring (bicyclic) bond motifs is 5. The van der Waals surface area contributed by atoms with Gasteiger partial charge in [-0.05, 0) is 38.1 Å². The molecule has 0 spiro atoms. The Kier molecular flexibility index (Phi) is 1.95. The van der Waals surface area contributed by atoms with Crippen LogP contribution in [-0.4, -0.2) is 9.03 Å². The van der Waals surface area contributed by atoms with Gasteiger partial charge in [-0.1, -0.05) is 23.3 Å². The van der Waals surface area contributed by atoms with E-state index in [1.807, 2.05) is 50.2 Å². The van der Waals surface area contributed by atoms with Crippen LogP contribution in [0.25, 0.3) is 21.8 Å². The van der Waals surface area contributed by atoms with Crippen LogP contribution in [0.2, 0.25) is 0 Å². The highest BCUT2D eigenvalue weighted by Gasteiger charge is 2.16. The van der Waals surface area contributed by atoms with Crippen LogP contribution in [0.1, 0.15) is 11.1 Å². The van der Waals surface area contributed by atoms with E-state index in [2.05, 4.69) is 0 Å². The second-order valence-corrected chi connectivity index (χ2v) is 5.28. The van der Waals surface area contributed by atoms with E-state index >= 15 is 0 Å². The molecule has 4 aromatic rings. The fourth-order valence-electron chi connectivity index (χ4n) is 2.86. The van der Waals surface area contributed by atoms with E-state index in [9.17, 15) is 9.59 Å². The van der Waals surface area contributed by atoms with Gasteiger partial charge in [0.1, 0.15) is 0 Å². The molecule has 0 radical (unpaired) electrons. The first-order valence-electron chi connectivity index (χ1n) is 6.48. The normalized spacial score (nSPS) is 11.9. The van der Waals surface area contributed by atoms with Crippen molar-refractivity contribution in [1.82, 2.24) is 9.03 Å². The van der Waals surface area contributed by atoms with Gasteiger partial charge in [0.15, 0.2) is 0 Å². The molecule has 2 aromatic carbocycles. The average Bonchev–Trinajstić information content (AvgIpc) is 2.86. The number of nitrogens with zero attached hydrogens (tertiary/aromatic N) is 2. The molecule has 0 bridgehead atoms. The van der Waals surface area contributed by atoms with E-state index in [4.69, 9.17) is 0 Å². The first-order chi connectivity index (χ1) is 9.58. The summed E-state index contributed by atoms with van der Waals surface area (Å²) in [7, 11) is 0. The zero-order chi connectivity index (χ0) is 14.0. The minimum Gasteiger partial charge on any atom is -0.267 e. The Morgan fingerprint density at radius 2 is 1.10 bits per heavy atom. The lowest BCUT2D eigenvalue weighted by atomic mass is 10.1. The zero-order valence-corrected chi connectivity index (χ0v) is 11.2. The van der Waals surface area contributed by atoms with Gasteiger partial charge in [0, 0.05) is 0 Å². The van der Waals surface area contributed by atoms with Crippen LogP contribution in [0, 0.1) is 13.8 Å². The molecule has 20 heavy (non-hydrogen) atoms.